The molecule has 0 amide bonds. The maximum atomic E-state index is 5.39. The Labute approximate surface area is 330 Å². The summed E-state index contributed by atoms with van der Waals surface area (Å²) in [6.07, 6.45) is 0. The van der Waals surface area contributed by atoms with Crippen LogP contribution in [0.4, 0.5) is 17.1 Å². The van der Waals surface area contributed by atoms with Crippen LogP contribution in [0, 0.1) is 0 Å². The van der Waals surface area contributed by atoms with Crippen molar-refractivity contribution < 1.29 is 0 Å². The average molecular weight is 727 g/mol. The quantitative estimate of drug-likeness (QED) is 0.160. The van der Waals surface area contributed by atoms with E-state index >= 15 is 0 Å². The van der Waals surface area contributed by atoms with E-state index in [1.54, 1.807) is 0 Å². The Morgan fingerprint density at radius 3 is 1.51 bits per heavy atom. The fourth-order valence-corrected chi connectivity index (χ4v) is 8.22. The van der Waals surface area contributed by atoms with Crippen molar-refractivity contribution in [2.24, 2.45) is 0 Å². The minimum Gasteiger partial charge on any atom is -0.311 e. The van der Waals surface area contributed by atoms with Crippen molar-refractivity contribution in [2.45, 2.75) is 0 Å². The van der Waals surface area contributed by atoms with Gasteiger partial charge in [0.15, 0.2) is 0 Å². The van der Waals surface area contributed by atoms with Crippen LogP contribution in [0.25, 0.3) is 88.0 Å². The van der Waals surface area contributed by atoms with Gasteiger partial charge in [0.1, 0.15) is 0 Å². The first-order valence-electron chi connectivity index (χ1n) is 19.3. The molecule has 4 heteroatoms. The predicted molar refractivity (Wildman–Crippen MR) is 238 cm³/mol. The Balaban J connectivity index is 1.06. The second-order valence-corrected chi connectivity index (χ2v) is 14.4. The molecule has 3 aromatic heterocycles. The van der Waals surface area contributed by atoms with Gasteiger partial charge in [-0.1, -0.05) is 146 Å². The molecule has 57 heavy (non-hydrogen) atoms. The maximum Gasteiger partial charge on any atom is 0.0972 e. The topological polar surface area (TPSA) is 41.9 Å². The van der Waals surface area contributed by atoms with Gasteiger partial charge in [0, 0.05) is 60.7 Å². The van der Waals surface area contributed by atoms with E-state index in [1.165, 1.54) is 16.2 Å². The van der Waals surface area contributed by atoms with Crippen molar-refractivity contribution in [3.63, 3.8) is 0 Å². The Kier molecular flexibility index (Phi) is 7.78. The van der Waals surface area contributed by atoms with Crippen LogP contribution in [-0.2, 0) is 0 Å². The third-order valence-electron chi connectivity index (χ3n) is 11.0. The lowest BCUT2D eigenvalue weighted by atomic mass is 9.94. The Hall–Kier alpha value is -7.69. The van der Waals surface area contributed by atoms with E-state index in [0.29, 0.717) is 0 Å². The number of aromatic nitrogens is 3. The number of fused-ring (bicyclic) bond motifs is 8. The zero-order valence-electron chi connectivity index (χ0n) is 30.9. The molecule has 0 spiro atoms. The minimum absolute atomic E-state index is 0.896. The molecule has 11 rings (SSSR count). The molecule has 0 aliphatic carbocycles. The second-order valence-electron chi connectivity index (χ2n) is 14.4. The molecular weight excluding hydrogens is 693 g/mol. The van der Waals surface area contributed by atoms with Gasteiger partial charge in [-0.2, -0.15) is 0 Å². The van der Waals surface area contributed by atoms with Gasteiger partial charge in [-0.15, -0.1) is 0 Å². The monoisotopic (exact) mass is 726 g/mol. The smallest absolute Gasteiger partial charge is 0.0972 e. The molecule has 0 aliphatic heterocycles. The van der Waals surface area contributed by atoms with Crippen molar-refractivity contribution in [3.8, 4) is 33.8 Å². The lowest BCUT2D eigenvalue weighted by molar-refractivity contribution is 1.28. The van der Waals surface area contributed by atoms with E-state index in [4.69, 9.17) is 15.0 Å². The first kappa shape index (κ1) is 32.7. The lowest BCUT2D eigenvalue weighted by Gasteiger charge is -2.25. The highest BCUT2D eigenvalue weighted by molar-refractivity contribution is 6.23. The highest BCUT2D eigenvalue weighted by Gasteiger charge is 2.17. The van der Waals surface area contributed by atoms with Gasteiger partial charge in [0.05, 0.1) is 33.6 Å². The van der Waals surface area contributed by atoms with Crippen LogP contribution in [0.15, 0.2) is 206 Å². The van der Waals surface area contributed by atoms with Crippen LogP contribution in [-0.4, -0.2) is 15.0 Å². The Morgan fingerprint density at radius 1 is 0.316 bits per heavy atom. The summed E-state index contributed by atoms with van der Waals surface area (Å²) in [6, 6.07) is 72.6. The van der Waals surface area contributed by atoms with Crippen molar-refractivity contribution in [1.82, 2.24) is 15.0 Å². The van der Waals surface area contributed by atoms with Crippen molar-refractivity contribution in [3.05, 3.63) is 206 Å². The zero-order valence-corrected chi connectivity index (χ0v) is 30.9. The summed E-state index contributed by atoms with van der Waals surface area (Å²) in [5.41, 5.74) is 12.0. The van der Waals surface area contributed by atoms with Crippen LogP contribution in [0.2, 0.25) is 0 Å². The Morgan fingerprint density at radius 2 is 0.842 bits per heavy atom. The maximum absolute atomic E-state index is 5.39. The number of hydrogen-bond acceptors (Lipinski definition) is 4. The molecule has 0 atom stereocenters. The van der Waals surface area contributed by atoms with E-state index < -0.39 is 0 Å². The van der Waals surface area contributed by atoms with Crippen molar-refractivity contribution >= 4 is 71.3 Å². The third-order valence-corrected chi connectivity index (χ3v) is 11.0. The van der Waals surface area contributed by atoms with Crippen LogP contribution in [0.1, 0.15) is 0 Å². The second kappa shape index (κ2) is 13.6. The van der Waals surface area contributed by atoms with E-state index in [0.717, 1.165) is 88.9 Å². The summed E-state index contributed by atoms with van der Waals surface area (Å²) in [5, 5.41) is 7.93. The first-order chi connectivity index (χ1) is 28.2. The first-order valence-corrected chi connectivity index (χ1v) is 19.3. The fraction of sp³-hybridized carbons (Fsp3) is 0. The van der Waals surface area contributed by atoms with Crippen LogP contribution >= 0.6 is 0 Å². The summed E-state index contributed by atoms with van der Waals surface area (Å²) < 4.78 is 0. The Bertz CT molecular complexity index is 3230. The third kappa shape index (κ3) is 5.74. The SMILES string of the molecule is c1ccc(-c2ccc3ccc4ccc(-c5ccc6nc(-c7ccc(N(c8ccccc8)c8ccccc8)cc7)c7ccc8ccccc8c7c6c5)nc4c3n2)cc1. The number of nitrogens with zero attached hydrogens (tertiary/aromatic N) is 4. The van der Waals surface area contributed by atoms with Crippen LogP contribution in [0.5, 0.6) is 0 Å². The van der Waals surface area contributed by atoms with Gasteiger partial charge < -0.3 is 4.90 Å². The molecule has 0 fully saturated rings. The zero-order chi connectivity index (χ0) is 37.7. The van der Waals surface area contributed by atoms with E-state index in [2.05, 4.69) is 193 Å². The van der Waals surface area contributed by atoms with E-state index in [-0.39, 0.29) is 0 Å². The largest absolute Gasteiger partial charge is 0.311 e. The number of hydrogen-bond donors (Lipinski definition) is 0. The molecule has 0 saturated heterocycles. The van der Waals surface area contributed by atoms with Gasteiger partial charge in [0.2, 0.25) is 0 Å². The normalized spacial score (nSPS) is 11.5. The summed E-state index contributed by atoms with van der Waals surface area (Å²) in [7, 11) is 0. The lowest BCUT2D eigenvalue weighted by Crippen LogP contribution is -2.09. The number of para-hydroxylation sites is 2. The molecule has 4 nitrogen and oxygen atoms in total. The summed E-state index contributed by atoms with van der Waals surface area (Å²) in [5.74, 6) is 0. The predicted octanol–water partition coefficient (Wildman–Crippen LogP) is 14.1. The molecule has 0 N–H and O–H groups in total. The highest BCUT2D eigenvalue weighted by atomic mass is 15.1. The highest BCUT2D eigenvalue weighted by Crippen LogP contribution is 2.40. The summed E-state index contributed by atoms with van der Waals surface area (Å²) in [4.78, 5) is 18.1. The molecule has 0 unspecified atom stereocenters. The molecule has 266 valence electrons. The molecule has 0 aliphatic rings. The number of anilines is 3. The van der Waals surface area contributed by atoms with E-state index in [1.807, 2.05) is 18.2 Å². The summed E-state index contributed by atoms with van der Waals surface area (Å²) in [6.45, 7) is 0. The van der Waals surface area contributed by atoms with Crippen LogP contribution in [0.3, 0.4) is 0 Å². The molecule has 0 saturated carbocycles. The molecule has 3 heterocycles. The summed E-state index contributed by atoms with van der Waals surface area (Å²) >= 11 is 0. The van der Waals surface area contributed by atoms with Gasteiger partial charge in [-0.25, -0.2) is 15.0 Å². The van der Waals surface area contributed by atoms with Gasteiger partial charge in [-0.05, 0) is 71.4 Å². The van der Waals surface area contributed by atoms with Crippen molar-refractivity contribution in [2.75, 3.05) is 4.90 Å². The molecule has 0 bridgehead atoms. The molecular formula is C53H34N4. The van der Waals surface area contributed by atoms with Crippen LogP contribution < -0.4 is 4.90 Å². The average Bonchev–Trinajstić information content (AvgIpc) is 3.29. The number of pyridine rings is 3. The standard InChI is InChI=1S/C53H34N4/c1-4-13-36(14-5-1)47-31-25-38-20-21-39-26-32-48(55-53(39)52(38)54-47)40-27-33-49-46(34-40)50-44-19-11-10-12-35(44)24-30-45(50)51(56-49)37-22-28-43(29-23-37)57(41-15-6-2-7-16-41)42-17-8-3-9-18-42/h1-34H. The number of rotatable bonds is 6. The van der Waals surface area contributed by atoms with Gasteiger partial charge >= 0.3 is 0 Å². The molecule has 8 aromatic carbocycles. The minimum atomic E-state index is 0.896. The molecule has 11 aromatic rings. The van der Waals surface area contributed by atoms with Crippen molar-refractivity contribution in [1.29, 1.82) is 0 Å². The van der Waals surface area contributed by atoms with Gasteiger partial charge in [-0.3, -0.25) is 0 Å². The molecule has 0 radical (unpaired) electrons. The van der Waals surface area contributed by atoms with Gasteiger partial charge in [0.25, 0.3) is 0 Å². The van der Waals surface area contributed by atoms with E-state index in [9.17, 15) is 0 Å². The number of benzene rings is 8. The fourth-order valence-electron chi connectivity index (χ4n) is 8.22.